The number of benzene rings is 1. The summed E-state index contributed by atoms with van der Waals surface area (Å²) >= 11 is 11.6. The van der Waals surface area contributed by atoms with Crippen LogP contribution < -0.4 is 10.5 Å². The van der Waals surface area contributed by atoms with Gasteiger partial charge in [0.15, 0.2) is 0 Å². The molecule has 0 radical (unpaired) electrons. The molecule has 0 spiro atoms. The Labute approximate surface area is 105 Å². The Kier molecular flexibility index (Phi) is 4.13. The second-order valence-corrected chi connectivity index (χ2v) is 4.63. The van der Waals surface area contributed by atoms with Crippen LogP contribution in [0.2, 0.25) is 10.0 Å². The average Bonchev–Trinajstić information content (AvgIpc) is 2.80. The topological polar surface area (TPSA) is 35.2 Å². The molecule has 1 saturated carbocycles. The van der Waals surface area contributed by atoms with Crippen molar-refractivity contribution < 1.29 is 4.74 Å². The van der Waals surface area contributed by atoms with Gasteiger partial charge in [0.2, 0.25) is 0 Å². The molecule has 84 valence electrons. The third kappa shape index (κ3) is 3.72. The molecule has 1 fully saturated rings. The molecule has 0 saturated heterocycles. The quantitative estimate of drug-likeness (QED) is 0.913. The first-order chi connectivity index (χ1) is 6.57. The summed E-state index contributed by atoms with van der Waals surface area (Å²) in [6.45, 7) is 0.531. The standard InChI is InChI=1S/C10H11Cl2NO.ClH/c11-7-3-8(12)5-9(4-7)14-6-10(13)1-2-10;/h3-5H,1-2,6,13H2;1H. The molecule has 2 nitrogen and oxygen atoms in total. The predicted octanol–water partition coefficient (Wildman–Crippen LogP) is 3.29. The van der Waals surface area contributed by atoms with Crippen LogP contribution in [-0.4, -0.2) is 12.1 Å². The van der Waals surface area contributed by atoms with Crippen molar-refractivity contribution >= 4 is 35.6 Å². The SMILES string of the molecule is Cl.NC1(COc2cc(Cl)cc(Cl)c2)CC1. The molecule has 0 bridgehead atoms. The zero-order valence-electron chi connectivity index (χ0n) is 8.00. The maximum atomic E-state index is 5.88. The summed E-state index contributed by atoms with van der Waals surface area (Å²) in [5, 5.41) is 1.16. The van der Waals surface area contributed by atoms with Gasteiger partial charge in [0, 0.05) is 10.0 Å². The summed E-state index contributed by atoms with van der Waals surface area (Å²) in [6.07, 6.45) is 2.06. The number of halogens is 3. The zero-order valence-corrected chi connectivity index (χ0v) is 10.3. The van der Waals surface area contributed by atoms with Gasteiger partial charge in [-0.2, -0.15) is 0 Å². The summed E-state index contributed by atoms with van der Waals surface area (Å²) in [5.41, 5.74) is 5.76. The van der Waals surface area contributed by atoms with E-state index in [1.165, 1.54) is 0 Å². The molecule has 0 heterocycles. The molecule has 1 aliphatic carbocycles. The number of rotatable bonds is 3. The fourth-order valence-electron chi connectivity index (χ4n) is 1.14. The Balaban J connectivity index is 0.00000112. The van der Waals surface area contributed by atoms with Crippen molar-refractivity contribution in [3.8, 4) is 5.75 Å². The third-order valence-corrected chi connectivity index (χ3v) is 2.69. The van der Waals surface area contributed by atoms with E-state index < -0.39 is 0 Å². The van der Waals surface area contributed by atoms with E-state index in [4.69, 9.17) is 33.7 Å². The molecular weight excluding hydrogens is 256 g/mol. The minimum absolute atomic E-state index is 0. The van der Waals surface area contributed by atoms with Gasteiger partial charge >= 0.3 is 0 Å². The minimum Gasteiger partial charge on any atom is -0.492 e. The number of ether oxygens (including phenoxy) is 1. The van der Waals surface area contributed by atoms with Crippen LogP contribution in [0, 0.1) is 0 Å². The lowest BCUT2D eigenvalue weighted by Crippen LogP contribution is -2.29. The first kappa shape index (κ1) is 12.9. The van der Waals surface area contributed by atoms with Crippen LogP contribution in [0.15, 0.2) is 18.2 Å². The molecule has 0 aromatic heterocycles. The van der Waals surface area contributed by atoms with Gasteiger partial charge in [-0.25, -0.2) is 0 Å². The lowest BCUT2D eigenvalue weighted by atomic mass is 10.3. The van der Waals surface area contributed by atoms with E-state index in [1.807, 2.05) is 0 Å². The van der Waals surface area contributed by atoms with Gasteiger partial charge in [-0.1, -0.05) is 23.2 Å². The van der Waals surface area contributed by atoms with Crippen molar-refractivity contribution in [2.45, 2.75) is 18.4 Å². The van der Waals surface area contributed by atoms with Crippen molar-refractivity contribution in [1.29, 1.82) is 0 Å². The van der Waals surface area contributed by atoms with Crippen LogP contribution in [0.5, 0.6) is 5.75 Å². The monoisotopic (exact) mass is 267 g/mol. The molecule has 2 N–H and O–H groups in total. The molecule has 0 amide bonds. The summed E-state index contributed by atoms with van der Waals surface area (Å²) in [7, 11) is 0. The molecule has 1 aromatic rings. The number of hydrogen-bond acceptors (Lipinski definition) is 2. The van der Waals surface area contributed by atoms with E-state index in [9.17, 15) is 0 Å². The predicted molar refractivity (Wildman–Crippen MR) is 65.4 cm³/mol. The smallest absolute Gasteiger partial charge is 0.122 e. The normalized spacial score (nSPS) is 16.7. The molecule has 1 aromatic carbocycles. The van der Waals surface area contributed by atoms with E-state index in [0.29, 0.717) is 22.4 Å². The van der Waals surface area contributed by atoms with Crippen LogP contribution in [-0.2, 0) is 0 Å². The van der Waals surface area contributed by atoms with Crippen molar-refractivity contribution in [1.82, 2.24) is 0 Å². The highest BCUT2D eigenvalue weighted by Crippen LogP contribution is 2.33. The van der Waals surface area contributed by atoms with Gasteiger partial charge in [0.05, 0.1) is 5.54 Å². The highest BCUT2D eigenvalue weighted by atomic mass is 35.5. The van der Waals surface area contributed by atoms with Crippen LogP contribution >= 0.6 is 35.6 Å². The van der Waals surface area contributed by atoms with Gasteiger partial charge in [-0.3, -0.25) is 0 Å². The zero-order chi connectivity index (χ0) is 10.2. The maximum Gasteiger partial charge on any atom is 0.122 e. The first-order valence-corrected chi connectivity index (χ1v) is 5.21. The van der Waals surface area contributed by atoms with E-state index >= 15 is 0 Å². The molecular formula is C10H12Cl3NO. The van der Waals surface area contributed by atoms with Crippen LogP contribution in [0.4, 0.5) is 0 Å². The highest BCUT2D eigenvalue weighted by Gasteiger charge is 2.39. The summed E-state index contributed by atoms with van der Waals surface area (Å²) in [4.78, 5) is 0. The Morgan fingerprint density at radius 3 is 2.20 bits per heavy atom. The van der Waals surface area contributed by atoms with Crippen LogP contribution in [0.3, 0.4) is 0 Å². The molecule has 5 heteroatoms. The van der Waals surface area contributed by atoms with Gasteiger partial charge in [-0.05, 0) is 31.0 Å². The van der Waals surface area contributed by atoms with E-state index in [2.05, 4.69) is 0 Å². The van der Waals surface area contributed by atoms with Crippen molar-refractivity contribution in [2.24, 2.45) is 5.73 Å². The number of nitrogens with two attached hydrogens (primary N) is 1. The van der Waals surface area contributed by atoms with Crippen molar-refractivity contribution in [2.75, 3.05) is 6.61 Å². The Bertz CT molecular complexity index is 332. The summed E-state index contributed by atoms with van der Waals surface area (Å²) in [5.74, 6) is 0.680. The summed E-state index contributed by atoms with van der Waals surface area (Å²) < 4.78 is 5.50. The summed E-state index contributed by atoms with van der Waals surface area (Å²) in [6, 6.07) is 5.14. The van der Waals surface area contributed by atoms with Crippen LogP contribution in [0.1, 0.15) is 12.8 Å². The minimum atomic E-state index is -0.116. The maximum absolute atomic E-state index is 5.88. The van der Waals surface area contributed by atoms with Gasteiger partial charge in [0.1, 0.15) is 12.4 Å². The molecule has 0 unspecified atom stereocenters. The average molecular weight is 269 g/mol. The first-order valence-electron chi connectivity index (χ1n) is 4.45. The second kappa shape index (κ2) is 4.79. The molecule has 0 aliphatic heterocycles. The largest absolute Gasteiger partial charge is 0.492 e. The van der Waals surface area contributed by atoms with E-state index in [1.54, 1.807) is 18.2 Å². The van der Waals surface area contributed by atoms with E-state index in [0.717, 1.165) is 12.8 Å². The Hall–Kier alpha value is -0.150. The lowest BCUT2D eigenvalue weighted by molar-refractivity contribution is 0.279. The molecule has 0 atom stereocenters. The van der Waals surface area contributed by atoms with Gasteiger partial charge in [0.25, 0.3) is 0 Å². The fraction of sp³-hybridized carbons (Fsp3) is 0.400. The Morgan fingerprint density at radius 2 is 1.73 bits per heavy atom. The highest BCUT2D eigenvalue weighted by molar-refractivity contribution is 6.34. The Morgan fingerprint density at radius 1 is 1.20 bits per heavy atom. The lowest BCUT2D eigenvalue weighted by Gasteiger charge is -2.11. The molecule has 2 rings (SSSR count). The third-order valence-electron chi connectivity index (χ3n) is 2.25. The fourth-order valence-corrected chi connectivity index (χ4v) is 1.65. The van der Waals surface area contributed by atoms with Gasteiger partial charge in [-0.15, -0.1) is 12.4 Å². The molecule has 15 heavy (non-hydrogen) atoms. The van der Waals surface area contributed by atoms with Crippen LogP contribution in [0.25, 0.3) is 0 Å². The second-order valence-electron chi connectivity index (χ2n) is 3.76. The van der Waals surface area contributed by atoms with Crippen molar-refractivity contribution in [3.05, 3.63) is 28.2 Å². The van der Waals surface area contributed by atoms with E-state index in [-0.39, 0.29) is 17.9 Å². The van der Waals surface area contributed by atoms with Crippen molar-refractivity contribution in [3.63, 3.8) is 0 Å². The number of hydrogen-bond donors (Lipinski definition) is 1. The van der Waals surface area contributed by atoms with Gasteiger partial charge < -0.3 is 10.5 Å². The molecule has 1 aliphatic rings.